The Morgan fingerprint density at radius 2 is 1.54 bits per heavy atom. The number of amides is 1. The SMILES string of the molecule is O=C(Nc1cc(-c2ccccn2)nc(-c2ccccn2)c1)c1cc2cc3c4c(c2oc1=O)CCCN4CCC3. The topological polar surface area (TPSA) is 101 Å². The number of anilines is 2. The molecule has 1 aromatic carbocycles. The van der Waals surface area contributed by atoms with Gasteiger partial charge in [-0.2, -0.15) is 0 Å². The minimum atomic E-state index is -0.645. The van der Waals surface area contributed by atoms with E-state index >= 15 is 0 Å². The number of nitrogens with zero attached hydrogens (tertiary/aromatic N) is 4. The maximum absolute atomic E-state index is 13.4. The first-order chi connectivity index (χ1) is 19.1. The van der Waals surface area contributed by atoms with E-state index in [4.69, 9.17) is 9.40 Å². The van der Waals surface area contributed by atoms with E-state index in [0.717, 1.165) is 49.7 Å². The molecule has 1 N–H and O–H groups in total. The van der Waals surface area contributed by atoms with E-state index in [0.29, 0.717) is 34.0 Å². The number of hydrogen-bond donors (Lipinski definition) is 1. The van der Waals surface area contributed by atoms with Gasteiger partial charge in [0.25, 0.3) is 5.91 Å². The molecule has 0 atom stereocenters. The lowest BCUT2D eigenvalue weighted by molar-refractivity contribution is 0.102. The number of hydrogen-bond acceptors (Lipinski definition) is 7. The number of benzene rings is 1. The van der Waals surface area contributed by atoms with Gasteiger partial charge in [-0.25, -0.2) is 9.78 Å². The van der Waals surface area contributed by atoms with Crippen LogP contribution in [0.2, 0.25) is 0 Å². The summed E-state index contributed by atoms with van der Waals surface area (Å²) in [4.78, 5) is 42.5. The van der Waals surface area contributed by atoms with Gasteiger partial charge in [-0.3, -0.25) is 14.8 Å². The van der Waals surface area contributed by atoms with Crippen molar-refractivity contribution in [2.45, 2.75) is 25.7 Å². The van der Waals surface area contributed by atoms with Crippen molar-refractivity contribution in [1.82, 2.24) is 15.0 Å². The smallest absolute Gasteiger partial charge is 0.349 e. The molecule has 0 bridgehead atoms. The van der Waals surface area contributed by atoms with Gasteiger partial charge in [-0.15, -0.1) is 0 Å². The number of pyridine rings is 3. The van der Waals surface area contributed by atoms with Crippen LogP contribution in [0, 0.1) is 0 Å². The normalized spacial score (nSPS) is 14.2. The number of aromatic nitrogens is 3. The quantitative estimate of drug-likeness (QED) is 0.326. The Morgan fingerprint density at radius 1 is 0.846 bits per heavy atom. The van der Waals surface area contributed by atoms with Crippen molar-refractivity contribution in [3.05, 3.63) is 100 Å². The van der Waals surface area contributed by atoms with Gasteiger partial charge in [0.1, 0.15) is 11.1 Å². The maximum Gasteiger partial charge on any atom is 0.349 e. The molecule has 1 amide bonds. The highest BCUT2D eigenvalue weighted by Crippen LogP contribution is 2.39. The highest BCUT2D eigenvalue weighted by atomic mass is 16.4. The minimum Gasteiger partial charge on any atom is -0.422 e. The molecular formula is C31H25N5O3. The lowest BCUT2D eigenvalue weighted by atomic mass is 9.90. The Kier molecular flexibility index (Phi) is 5.65. The Labute approximate surface area is 224 Å². The van der Waals surface area contributed by atoms with Crippen LogP contribution in [0.5, 0.6) is 0 Å². The first-order valence-corrected chi connectivity index (χ1v) is 13.2. The summed E-state index contributed by atoms with van der Waals surface area (Å²) in [6, 6.07) is 18.3. The zero-order chi connectivity index (χ0) is 26.3. The highest BCUT2D eigenvalue weighted by molar-refractivity contribution is 6.06. The lowest BCUT2D eigenvalue weighted by Crippen LogP contribution is -2.34. The maximum atomic E-state index is 13.4. The van der Waals surface area contributed by atoms with Crippen molar-refractivity contribution in [2.24, 2.45) is 0 Å². The van der Waals surface area contributed by atoms with Crippen LogP contribution in [-0.2, 0) is 12.8 Å². The molecule has 4 aromatic heterocycles. The van der Waals surface area contributed by atoms with E-state index in [-0.39, 0.29) is 5.56 Å². The fourth-order valence-corrected chi connectivity index (χ4v) is 5.70. The zero-order valence-electron chi connectivity index (χ0n) is 21.2. The Bertz CT molecular complexity index is 1720. The predicted molar refractivity (Wildman–Crippen MR) is 150 cm³/mol. The summed E-state index contributed by atoms with van der Waals surface area (Å²) in [7, 11) is 0. The summed E-state index contributed by atoms with van der Waals surface area (Å²) in [5.41, 5.74) is 6.44. The van der Waals surface area contributed by atoms with Gasteiger partial charge in [-0.1, -0.05) is 12.1 Å². The lowest BCUT2D eigenvalue weighted by Gasteiger charge is -2.37. The summed E-state index contributed by atoms with van der Waals surface area (Å²) in [5, 5.41) is 3.68. The molecule has 8 nitrogen and oxygen atoms in total. The summed E-state index contributed by atoms with van der Waals surface area (Å²) in [6.45, 7) is 2.06. The van der Waals surface area contributed by atoms with Gasteiger partial charge >= 0.3 is 5.63 Å². The second-order valence-electron chi connectivity index (χ2n) is 9.93. The van der Waals surface area contributed by atoms with E-state index in [1.807, 2.05) is 36.4 Å². The van der Waals surface area contributed by atoms with Crippen molar-refractivity contribution in [2.75, 3.05) is 23.3 Å². The summed E-state index contributed by atoms with van der Waals surface area (Å²) in [6.07, 6.45) is 7.36. The van der Waals surface area contributed by atoms with Gasteiger partial charge in [0.2, 0.25) is 0 Å². The number of rotatable bonds is 4. The third-order valence-electron chi connectivity index (χ3n) is 7.40. The van der Waals surface area contributed by atoms with Crippen molar-refractivity contribution in [3.8, 4) is 22.8 Å². The van der Waals surface area contributed by atoms with Crippen LogP contribution in [0.25, 0.3) is 33.7 Å². The van der Waals surface area contributed by atoms with Crippen molar-refractivity contribution in [1.29, 1.82) is 0 Å². The molecule has 0 unspecified atom stereocenters. The van der Waals surface area contributed by atoms with Crippen LogP contribution >= 0.6 is 0 Å². The molecule has 0 fully saturated rings. The monoisotopic (exact) mass is 515 g/mol. The van der Waals surface area contributed by atoms with E-state index < -0.39 is 11.5 Å². The first-order valence-electron chi connectivity index (χ1n) is 13.2. The Hall–Kier alpha value is -4.85. The summed E-state index contributed by atoms with van der Waals surface area (Å²) in [5.74, 6) is -0.538. The van der Waals surface area contributed by atoms with Crippen LogP contribution in [0.3, 0.4) is 0 Å². The molecule has 0 aliphatic carbocycles. The van der Waals surface area contributed by atoms with Gasteiger partial charge in [0.05, 0.1) is 22.8 Å². The molecule has 39 heavy (non-hydrogen) atoms. The number of carbonyl (C=O) groups is 1. The number of aryl methyl sites for hydroxylation is 2. The highest BCUT2D eigenvalue weighted by Gasteiger charge is 2.27. The third-order valence-corrected chi connectivity index (χ3v) is 7.40. The summed E-state index contributed by atoms with van der Waals surface area (Å²) >= 11 is 0. The molecule has 0 saturated carbocycles. The van der Waals surface area contributed by atoms with Crippen molar-refractivity contribution in [3.63, 3.8) is 0 Å². The van der Waals surface area contributed by atoms with Crippen LogP contribution < -0.4 is 15.8 Å². The standard InChI is InChI=1S/C31H25N5O3/c37-30(23-16-20-15-19-7-5-13-36-14-6-8-22(28(19)36)29(20)39-31(23)38)34-21-17-26(24-9-1-3-11-32-24)35-27(18-21)25-10-2-4-12-33-25/h1-4,9-12,15-18H,5-8,13-14H2,(H,34,35,37). The van der Waals surface area contributed by atoms with Gasteiger partial charge in [0, 0.05) is 47.8 Å². The van der Waals surface area contributed by atoms with Crippen molar-refractivity contribution >= 4 is 28.3 Å². The fraction of sp³-hybridized carbons (Fsp3) is 0.194. The molecule has 0 spiro atoms. The average Bonchev–Trinajstić information content (AvgIpc) is 2.98. The molecule has 192 valence electrons. The van der Waals surface area contributed by atoms with E-state index in [2.05, 4.69) is 26.3 Å². The molecule has 6 heterocycles. The number of carbonyl (C=O) groups excluding carboxylic acids is 1. The number of fused-ring (bicyclic) bond motifs is 2. The van der Waals surface area contributed by atoms with Crippen LogP contribution in [0.4, 0.5) is 11.4 Å². The number of nitrogens with one attached hydrogen (secondary N) is 1. The molecule has 2 aliphatic rings. The second-order valence-corrected chi connectivity index (χ2v) is 9.93. The van der Waals surface area contributed by atoms with E-state index in [9.17, 15) is 9.59 Å². The van der Waals surface area contributed by atoms with Crippen molar-refractivity contribution < 1.29 is 9.21 Å². The fourth-order valence-electron chi connectivity index (χ4n) is 5.70. The Morgan fingerprint density at radius 3 is 2.21 bits per heavy atom. The third kappa shape index (κ3) is 4.24. The zero-order valence-corrected chi connectivity index (χ0v) is 21.2. The van der Waals surface area contributed by atoms with E-state index in [1.165, 1.54) is 11.3 Å². The first kappa shape index (κ1) is 23.3. The molecular weight excluding hydrogens is 490 g/mol. The van der Waals surface area contributed by atoms with Crippen LogP contribution in [-0.4, -0.2) is 33.9 Å². The van der Waals surface area contributed by atoms with Gasteiger partial charge in [0.15, 0.2) is 0 Å². The minimum absolute atomic E-state index is 0.0336. The molecule has 2 aliphatic heterocycles. The predicted octanol–water partition coefficient (Wildman–Crippen LogP) is 5.26. The largest absolute Gasteiger partial charge is 0.422 e. The average molecular weight is 516 g/mol. The molecule has 7 rings (SSSR count). The van der Waals surface area contributed by atoms with Gasteiger partial charge in [-0.05, 0) is 79.8 Å². The second kappa shape index (κ2) is 9.47. The van der Waals surface area contributed by atoms with Crippen LogP contribution in [0.15, 0.2) is 82.3 Å². The molecule has 0 radical (unpaired) electrons. The van der Waals surface area contributed by atoms with E-state index in [1.54, 1.807) is 30.6 Å². The van der Waals surface area contributed by atoms with Gasteiger partial charge < -0.3 is 14.6 Å². The summed E-state index contributed by atoms with van der Waals surface area (Å²) < 4.78 is 5.83. The molecule has 8 heteroatoms. The molecule has 0 saturated heterocycles. The van der Waals surface area contributed by atoms with Crippen LogP contribution in [0.1, 0.15) is 34.3 Å². The Balaban J connectivity index is 1.29. The molecule has 5 aromatic rings.